The van der Waals surface area contributed by atoms with Gasteiger partial charge in [0.2, 0.25) is 0 Å². The van der Waals surface area contributed by atoms with Gasteiger partial charge < -0.3 is 10.6 Å². The molecule has 0 aliphatic carbocycles. The highest BCUT2D eigenvalue weighted by Crippen LogP contribution is 2.33. The molecule has 2 aromatic carbocycles. The van der Waals surface area contributed by atoms with Crippen LogP contribution in [0.2, 0.25) is 0 Å². The molecule has 1 aliphatic heterocycles. The summed E-state index contributed by atoms with van der Waals surface area (Å²) in [6.07, 6.45) is 0.783. The van der Waals surface area contributed by atoms with Gasteiger partial charge in [-0.3, -0.25) is 19.2 Å². The van der Waals surface area contributed by atoms with E-state index in [2.05, 4.69) is 9.89 Å². The number of carbonyl (C=O) groups is 1. The minimum atomic E-state index is -1.65. The fourth-order valence-corrected chi connectivity index (χ4v) is 5.26. The van der Waals surface area contributed by atoms with E-state index in [0.717, 1.165) is 12.1 Å². The van der Waals surface area contributed by atoms with E-state index in [-0.39, 0.29) is 5.82 Å². The van der Waals surface area contributed by atoms with Gasteiger partial charge >= 0.3 is 0 Å². The molecule has 31 heavy (non-hydrogen) atoms. The van der Waals surface area contributed by atoms with Crippen LogP contribution in [0.1, 0.15) is 30.9 Å². The molecule has 7 nitrogen and oxygen atoms in total. The van der Waals surface area contributed by atoms with E-state index < -0.39 is 21.5 Å². The van der Waals surface area contributed by atoms with Crippen LogP contribution in [0.5, 0.6) is 0 Å². The first-order chi connectivity index (χ1) is 14.9. The summed E-state index contributed by atoms with van der Waals surface area (Å²) in [5.74, 6) is -0.621. The van der Waals surface area contributed by atoms with Gasteiger partial charge in [0.1, 0.15) is 16.4 Å². The Hall–Kier alpha value is -2.62. The number of hydrogen-bond acceptors (Lipinski definition) is 5. The van der Waals surface area contributed by atoms with Crippen molar-refractivity contribution in [2.45, 2.75) is 36.0 Å². The summed E-state index contributed by atoms with van der Waals surface area (Å²) < 4.78 is 25.2. The van der Waals surface area contributed by atoms with Crippen molar-refractivity contribution in [3.63, 3.8) is 0 Å². The predicted octanol–water partition coefficient (Wildman–Crippen LogP) is 2.20. The van der Waals surface area contributed by atoms with Crippen LogP contribution in [0.15, 0.2) is 58.4 Å². The molecule has 1 amide bonds. The molecule has 2 aromatic rings. The molecule has 0 radical (unpaired) electrons. The van der Waals surface area contributed by atoms with E-state index in [1.54, 1.807) is 41.9 Å². The third-order valence-electron chi connectivity index (χ3n) is 5.69. The van der Waals surface area contributed by atoms with Crippen molar-refractivity contribution in [3.8, 4) is 0 Å². The van der Waals surface area contributed by atoms with E-state index in [9.17, 15) is 18.6 Å². The Morgan fingerprint density at radius 2 is 1.81 bits per heavy atom. The minimum absolute atomic E-state index is 0.306. The number of carbonyl (C=O) groups excluding carboxylic acids is 1. The van der Waals surface area contributed by atoms with E-state index >= 15 is 0 Å². The summed E-state index contributed by atoms with van der Waals surface area (Å²) in [4.78, 5) is 19.5. The van der Waals surface area contributed by atoms with E-state index in [1.165, 1.54) is 12.1 Å². The van der Waals surface area contributed by atoms with Crippen molar-refractivity contribution in [2.24, 2.45) is 10.7 Å². The van der Waals surface area contributed by atoms with Crippen LogP contribution in [0.3, 0.4) is 0 Å². The Morgan fingerprint density at radius 1 is 1.19 bits per heavy atom. The van der Waals surface area contributed by atoms with Crippen LogP contribution in [-0.4, -0.2) is 50.4 Å². The molecule has 166 valence electrons. The van der Waals surface area contributed by atoms with Gasteiger partial charge in [-0.05, 0) is 49.2 Å². The molecular formula is C22H27FN4O3S. The molecule has 1 aliphatic rings. The maximum Gasteiger partial charge on any atom is 0.262 e. The van der Waals surface area contributed by atoms with Gasteiger partial charge in [0.15, 0.2) is 0 Å². The number of hydroxylamine groups is 1. The number of halogens is 1. The zero-order chi connectivity index (χ0) is 22.4. The van der Waals surface area contributed by atoms with Gasteiger partial charge in [0.25, 0.3) is 5.91 Å². The highest BCUT2D eigenvalue weighted by atomic mass is 32.2. The average molecular weight is 447 g/mol. The number of rotatable bonds is 7. The zero-order valence-corrected chi connectivity index (χ0v) is 18.2. The highest BCUT2D eigenvalue weighted by molar-refractivity contribution is 7.87. The number of benzene rings is 2. The maximum absolute atomic E-state index is 13.4. The first-order valence-corrected chi connectivity index (χ1v) is 11.3. The number of nitrogens with one attached hydrogen (secondary N) is 1. The summed E-state index contributed by atoms with van der Waals surface area (Å²) in [6.45, 7) is 4.48. The number of nitrogens with zero attached hydrogens (tertiary/aromatic N) is 2. The Bertz CT molecular complexity index is 956. The monoisotopic (exact) mass is 446 g/mol. The quantitative estimate of drug-likeness (QED) is 0.262. The second-order valence-electron chi connectivity index (χ2n) is 7.49. The first-order valence-electron chi connectivity index (χ1n) is 10.1. The highest BCUT2D eigenvalue weighted by Gasteiger charge is 2.47. The largest absolute Gasteiger partial charge is 0.383 e. The number of hydrogen-bond donors (Lipinski definition) is 3. The molecule has 1 saturated heterocycles. The second kappa shape index (κ2) is 10.1. The third kappa shape index (κ3) is 5.17. The lowest BCUT2D eigenvalue weighted by atomic mass is 9.95. The lowest BCUT2D eigenvalue weighted by molar-refractivity contribution is -0.133. The Labute approximate surface area is 183 Å². The molecule has 0 saturated carbocycles. The van der Waals surface area contributed by atoms with Crippen molar-refractivity contribution < 1.29 is 18.6 Å². The molecule has 1 atom stereocenters. The van der Waals surface area contributed by atoms with Crippen molar-refractivity contribution >= 4 is 22.5 Å². The van der Waals surface area contributed by atoms with Crippen LogP contribution in [-0.2, 0) is 22.1 Å². The smallest absolute Gasteiger partial charge is 0.262 e. The molecule has 1 unspecified atom stereocenters. The standard InChI is InChI=1S/C22H27FN4O3S/c1-2-27-13-11-22(12-14-27,21(28)26-29)31(30)19-9-5-17(6-10-19)20(24)25-15-16-3-7-18(23)8-4-16/h3-10,29H,2,11-15H2,1H3,(H2,24,25)(H,26,28). The van der Waals surface area contributed by atoms with Crippen LogP contribution in [0.4, 0.5) is 4.39 Å². The maximum atomic E-state index is 13.4. The minimum Gasteiger partial charge on any atom is -0.383 e. The number of piperidine rings is 1. The van der Waals surface area contributed by atoms with E-state index in [4.69, 9.17) is 5.73 Å². The van der Waals surface area contributed by atoms with Crippen molar-refractivity contribution in [1.29, 1.82) is 0 Å². The van der Waals surface area contributed by atoms with Gasteiger partial charge in [0.05, 0.1) is 17.3 Å². The van der Waals surface area contributed by atoms with Gasteiger partial charge in [-0.15, -0.1) is 0 Å². The summed E-state index contributed by atoms with van der Waals surface area (Å²) in [7, 11) is -1.65. The fourth-order valence-electron chi connectivity index (χ4n) is 3.66. The Morgan fingerprint density at radius 3 is 2.35 bits per heavy atom. The van der Waals surface area contributed by atoms with Crippen molar-refractivity contribution in [3.05, 3.63) is 65.5 Å². The zero-order valence-electron chi connectivity index (χ0n) is 17.4. The van der Waals surface area contributed by atoms with E-state index in [1.807, 2.05) is 6.92 Å². The molecule has 3 rings (SSSR count). The first kappa shape index (κ1) is 23.1. The summed E-state index contributed by atoms with van der Waals surface area (Å²) in [5, 5.41) is 9.26. The average Bonchev–Trinajstić information content (AvgIpc) is 2.82. The van der Waals surface area contributed by atoms with Gasteiger partial charge in [-0.25, -0.2) is 9.87 Å². The molecule has 0 bridgehead atoms. The summed E-state index contributed by atoms with van der Waals surface area (Å²) in [5.41, 5.74) is 9.26. The fraction of sp³-hybridized carbons (Fsp3) is 0.364. The van der Waals surface area contributed by atoms with Gasteiger partial charge in [-0.2, -0.15) is 0 Å². The topological polar surface area (TPSA) is 108 Å². The normalized spacial score (nSPS) is 17.8. The number of amides is 1. The summed E-state index contributed by atoms with van der Waals surface area (Å²) in [6, 6.07) is 12.8. The van der Waals surface area contributed by atoms with Crippen LogP contribution in [0.25, 0.3) is 0 Å². The van der Waals surface area contributed by atoms with E-state index in [0.29, 0.717) is 48.8 Å². The molecule has 1 fully saturated rings. The van der Waals surface area contributed by atoms with Crippen LogP contribution >= 0.6 is 0 Å². The van der Waals surface area contributed by atoms with Crippen molar-refractivity contribution in [1.82, 2.24) is 10.4 Å². The van der Waals surface area contributed by atoms with Crippen LogP contribution in [0, 0.1) is 5.82 Å². The lowest BCUT2D eigenvalue weighted by Crippen LogP contribution is -2.55. The number of amidine groups is 1. The Kier molecular flexibility index (Phi) is 7.53. The molecule has 9 heteroatoms. The SMILES string of the molecule is CCN1CCC(C(=O)NO)(S(=O)c2ccc(C(N)=NCc3ccc(F)cc3)cc2)CC1. The Balaban J connectivity index is 1.75. The molecule has 1 heterocycles. The number of aliphatic imine (C=N–C) groups is 1. The summed E-state index contributed by atoms with van der Waals surface area (Å²) >= 11 is 0. The molecular weight excluding hydrogens is 419 g/mol. The molecule has 4 N–H and O–H groups in total. The van der Waals surface area contributed by atoms with Crippen molar-refractivity contribution in [2.75, 3.05) is 19.6 Å². The lowest BCUT2D eigenvalue weighted by Gasteiger charge is -2.38. The van der Waals surface area contributed by atoms with Gasteiger partial charge in [0, 0.05) is 23.5 Å². The molecule has 0 aromatic heterocycles. The number of likely N-dealkylation sites (tertiary alicyclic amines) is 1. The van der Waals surface area contributed by atoms with Crippen LogP contribution < -0.4 is 11.2 Å². The number of nitrogens with two attached hydrogens (primary N) is 1. The second-order valence-corrected chi connectivity index (χ2v) is 9.28. The predicted molar refractivity (Wildman–Crippen MR) is 118 cm³/mol. The third-order valence-corrected chi connectivity index (χ3v) is 7.69. The molecule has 0 spiro atoms. The van der Waals surface area contributed by atoms with Gasteiger partial charge in [-0.1, -0.05) is 31.2 Å².